The van der Waals surface area contributed by atoms with E-state index in [1.54, 1.807) is 24.3 Å². The lowest BCUT2D eigenvalue weighted by Crippen LogP contribution is -2.04. The van der Waals surface area contributed by atoms with Gasteiger partial charge < -0.3 is 9.72 Å². The largest absolute Gasteiger partial charge is 0.372 e. The summed E-state index contributed by atoms with van der Waals surface area (Å²) in [6.07, 6.45) is 0.187. The molecule has 134 valence electrons. The number of nitrogens with zero attached hydrogens (tertiary/aromatic N) is 1. The van der Waals surface area contributed by atoms with Gasteiger partial charge in [0.05, 0.1) is 17.6 Å². The molecule has 1 fully saturated rings. The highest BCUT2D eigenvalue weighted by atomic mass is 32.2. The monoisotopic (exact) mass is 386 g/mol. The van der Waals surface area contributed by atoms with Gasteiger partial charge in [-0.15, -0.1) is 11.8 Å². The SMILES string of the molecule is Cc1ccc(S(=O)(=O)c2[nH]c(-c3ccccc3)nc2SC[C@H]2CO2)cc1. The Morgan fingerprint density at radius 1 is 1.15 bits per heavy atom. The van der Waals surface area contributed by atoms with Crippen LogP contribution in [0.2, 0.25) is 0 Å². The lowest BCUT2D eigenvalue weighted by atomic mass is 10.2. The molecule has 0 radical (unpaired) electrons. The van der Waals surface area contributed by atoms with Gasteiger partial charge in [-0.3, -0.25) is 0 Å². The number of aromatic nitrogens is 2. The summed E-state index contributed by atoms with van der Waals surface area (Å²) in [5, 5.41) is 0.630. The van der Waals surface area contributed by atoms with Crippen molar-refractivity contribution in [3.05, 3.63) is 60.2 Å². The minimum Gasteiger partial charge on any atom is -0.372 e. The molecule has 26 heavy (non-hydrogen) atoms. The number of hydrogen-bond donors (Lipinski definition) is 1. The van der Waals surface area contributed by atoms with E-state index in [0.717, 1.165) is 17.7 Å². The molecule has 3 aromatic rings. The molecular weight excluding hydrogens is 368 g/mol. The summed E-state index contributed by atoms with van der Waals surface area (Å²) >= 11 is 1.41. The lowest BCUT2D eigenvalue weighted by molar-refractivity contribution is 0.426. The fourth-order valence-corrected chi connectivity index (χ4v) is 5.14. The van der Waals surface area contributed by atoms with E-state index in [1.165, 1.54) is 11.8 Å². The van der Waals surface area contributed by atoms with E-state index < -0.39 is 9.84 Å². The topological polar surface area (TPSA) is 75.3 Å². The number of sulfone groups is 1. The standard InChI is InChI=1S/C19H18N2O3S2/c1-13-7-9-16(10-8-13)26(22,23)19-18(25-12-15-11-24-15)20-17(21-19)14-5-3-2-4-6-14/h2-10,15H,11-12H2,1H3,(H,20,21)/t15-/m1/s1. The first kappa shape index (κ1) is 17.3. The zero-order valence-corrected chi connectivity index (χ0v) is 15.8. The molecule has 1 atom stereocenters. The molecule has 4 rings (SSSR count). The van der Waals surface area contributed by atoms with Crippen molar-refractivity contribution in [1.82, 2.24) is 9.97 Å². The number of imidazole rings is 1. The second-order valence-corrected chi connectivity index (χ2v) is 9.06. The number of thioether (sulfide) groups is 1. The number of ether oxygens (including phenoxy) is 1. The van der Waals surface area contributed by atoms with Gasteiger partial charge in [0.2, 0.25) is 9.84 Å². The molecule has 0 bridgehead atoms. The number of benzene rings is 2. The molecule has 7 heteroatoms. The summed E-state index contributed by atoms with van der Waals surface area (Å²) in [6.45, 7) is 2.65. The van der Waals surface area contributed by atoms with Crippen LogP contribution in [-0.4, -0.2) is 36.8 Å². The van der Waals surface area contributed by atoms with Crippen molar-refractivity contribution >= 4 is 21.6 Å². The molecule has 1 N–H and O–H groups in total. The summed E-state index contributed by atoms with van der Waals surface area (Å²) in [5.74, 6) is 1.24. The van der Waals surface area contributed by atoms with Gasteiger partial charge in [0.1, 0.15) is 10.9 Å². The Labute approximate surface area is 156 Å². The molecule has 2 heterocycles. The van der Waals surface area contributed by atoms with E-state index in [2.05, 4.69) is 9.97 Å². The van der Waals surface area contributed by atoms with Crippen LogP contribution in [0.1, 0.15) is 5.56 Å². The van der Waals surface area contributed by atoms with E-state index >= 15 is 0 Å². The van der Waals surface area contributed by atoms with Crippen molar-refractivity contribution in [2.24, 2.45) is 0 Å². The van der Waals surface area contributed by atoms with Crippen molar-refractivity contribution in [1.29, 1.82) is 0 Å². The first-order valence-corrected chi connectivity index (χ1v) is 10.7. The lowest BCUT2D eigenvalue weighted by Gasteiger charge is -2.05. The van der Waals surface area contributed by atoms with Crippen molar-refractivity contribution in [2.75, 3.05) is 12.4 Å². The molecule has 0 aliphatic carbocycles. The predicted octanol–water partition coefficient (Wildman–Crippen LogP) is 3.71. The molecule has 1 aliphatic heterocycles. The second kappa shape index (κ2) is 6.90. The molecule has 0 spiro atoms. The maximum Gasteiger partial charge on any atom is 0.224 e. The van der Waals surface area contributed by atoms with Crippen LogP contribution in [-0.2, 0) is 14.6 Å². The molecule has 5 nitrogen and oxygen atoms in total. The summed E-state index contributed by atoms with van der Waals surface area (Å²) in [6, 6.07) is 16.4. The van der Waals surface area contributed by atoms with Crippen LogP contribution >= 0.6 is 11.8 Å². The highest BCUT2D eigenvalue weighted by molar-refractivity contribution is 8.00. The van der Waals surface area contributed by atoms with E-state index in [0.29, 0.717) is 16.6 Å². The number of rotatable bonds is 6. The number of hydrogen-bond acceptors (Lipinski definition) is 5. The second-order valence-electron chi connectivity index (χ2n) is 6.17. The van der Waals surface area contributed by atoms with Gasteiger partial charge in [-0.05, 0) is 19.1 Å². The summed E-state index contributed by atoms with van der Waals surface area (Å²) in [5.41, 5.74) is 1.86. The first-order valence-electron chi connectivity index (χ1n) is 8.25. The molecule has 0 saturated carbocycles. The van der Waals surface area contributed by atoms with Gasteiger partial charge in [-0.1, -0.05) is 48.0 Å². The minimum atomic E-state index is -3.68. The Morgan fingerprint density at radius 3 is 2.50 bits per heavy atom. The van der Waals surface area contributed by atoms with Gasteiger partial charge in [0.25, 0.3) is 0 Å². The van der Waals surface area contributed by atoms with Crippen molar-refractivity contribution < 1.29 is 13.2 Å². The molecular formula is C19H18N2O3S2. The number of aromatic amines is 1. The summed E-state index contributed by atoms with van der Waals surface area (Å²) in [7, 11) is -3.68. The fraction of sp³-hybridized carbons (Fsp3) is 0.211. The van der Waals surface area contributed by atoms with Gasteiger partial charge >= 0.3 is 0 Å². The van der Waals surface area contributed by atoms with E-state index in [9.17, 15) is 8.42 Å². The maximum atomic E-state index is 13.2. The summed E-state index contributed by atoms with van der Waals surface area (Å²) in [4.78, 5) is 7.86. The molecule has 0 unspecified atom stereocenters. The van der Waals surface area contributed by atoms with Crippen molar-refractivity contribution in [2.45, 2.75) is 28.0 Å². The predicted molar refractivity (Wildman–Crippen MR) is 101 cm³/mol. The third-order valence-corrected chi connectivity index (χ3v) is 7.06. The van der Waals surface area contributed by atoms with Gasteiger partial charge in [-0.25, -0.2) is 13.4 Å². The number of H-pyrrole nitrogens is 1. The zero-order valence-electron chi connectivity index (χ0n) is 14.2. The van der Waals surface area contributed by atoms with Crippen LogP contribution in [0.25, 0.3) is 11.4 Å². The van der Waals surface area contributed by atoms with Gasteiger partial charge in [0, 0.05) is 11.3 Å². The third-order valence-electron chi connectivity index (χ3n) is 4.10. The highest BCUT2D eigenvalue weighted by Crippen LogP contribution is 2.33. The Kier molecular flexibility index (Phi) is 4.60. The Morgan fingerprint density at radius 2 is 1.85 bits per heavy atom. The van der Waals surface area contributed by atoms with Crippen LogP contribution < -0.4 is 0 Å². The molecule has 2 aromatic carbocycles. The molecule has 1 aliphatic rings. The van der Waals surface area contributed by atoms with Crippen LogP contribution in [0.4, 0.5) is 0 Å². The first-order chi connectivity index (χ1) is 12.5. The van der Waals surface area contributed by atoms with Crippen LogP contribution in [0.3, 0.4) is 0 Å². The van der Waals surface area contributed by atoms with Crippen LogP contribution in [0, 0.1) is 6.92 Å². The number of epoxide rings is 1. The van der Waals surface area contributed by atoms with Crippen LogP contribution in [0.5, 0.6) is 0 Å². The third kappa shape index (κ3) is 3.56. The number of aryl methyl sites for hydroxylation is 1. The average Bonchev–Trinajstić information content (AvgIpc) is 3.38. The van der Waals surface area contributed by atoms with Gasteiger partial charge in [-0.2, -0.15) is 0 Å². The number of nitrogens with one attached hydrogen (secondary N) is 1. The van der Waals surface area contributed by atoms with Gasteiger partial charge in [0.15, 0.2) is 5.03 Å². The Bertz CT molecular complexity index is 1010. The minimum absolute atomic E-state index is 0.144. The maximum absolute atomic E-state index is 13.2. The van der Waals surface area contributed by atoms with E-state index in [-0.39, 0.29) is 16.0 Å². The molecule has 0 amide bonds. The van der Waals surface area contributed by atoms with Crippen LogP contribution in [0.15, 0.2) is 69.5 Å². The molecule has 1 saturated heterocycles. The highest BCUT2D eigenvalue weighted by Gasteiger charge is 2.29. The normalized spacial score (nSPS) is 16.6. The van der Waals surface area contributed by atoms with E-state index in [4.69, 9.17) is 4.74 Å². The summed E-state index contributed by atoms with van der Waals surface area (Å²) < 4.78 is 31.5. The average molecular weight is 386 g/mol. The quantitative estimate of drug-likeness (QED) is 0.516. The fourth-order valence-electron chi connectivity index (χ4n) is 2.53. The molecule has 1 aromatic heterocycles. The zero-order chi connectivity index (χ0) is 18.1. The van der Waals surface area contributed by atoms with E-state index in [1.807, 2.05) is 37.3 Å². The smallest absolute Gasteiger partial charge is 0.224 e. The van der Waals surface area contributed by atoms with Crippen molar-refractivity contribution in [3.8, 4) is 11.4 Å². The Hall–Kier alpha value is -2.09. The Balaban J connectivity index is 1.77. The van der Waals surface area contributed by atoms with Crippen molar-refractivity contribution in [3.63, 3.8) is 0 Å².